The van der Waals surface area contributed by atoms with Gasteiger partial charge >= 0.3 is 0 Å². The van der Waals surface area contributed by atoms with Gasteiger partial charge in [0, 0.05) is 11.3 Å². The van der Waals surface area contributed by atoms with Crippen LogP contribution in [0.15, 0.2) is 48.5 Å². The molecule has 2 rings (SSSR count). The van der Waals surface area contributed by atoms with Crippen LogP contribution in [-0.2, 0) is 0 Å². The van der Waals surface area contributed by atoms with Crippen LogP contribution in [0.5, 0.6) is 5.75 Å². The van der Waals surface area contributed by atoms with E-state index >= 15 is 0 Å². The lowest BCUT2D eigenvalue weighted by molar-refractivity contribution is 0.0972. The van der Waals surface area contributed by atoms with E-state index in [9.17, 15) is 9.59 Å². The Hall–Kier alpha value is -2.64. The Bertz CT molecular complexity index is 750. The fourth-order valence-electron chi connectivity index (χ4n) is 1.88. The first-order valence-corrected chi connectivity index (χ1v) is 7.07. The number of nitrogens with one attached hydrogen (secondary N) is 2. The van der Waals surface area contributed by atoms with Crippen molar-refractivity contribution >= 4 is 47.2 Å². The van der Waals surface area contributed by atoms with Gasteiger partial charge in [0.25, 0.3) is 5.91 Å². The molecule has 126 valence electrons. The smallest absolute Gasteiger partial charge is 0.261 e. The zero-order valence-electron chi connectivity index (χ0n) is 12.7. The number of nitrogens with two attached hydrogens (primary N) is 1. The highest BCUT2D eigenvalue weighted by Crippen LogP contribution is 2.17. The maximum atomic E-state index is 12.2. The minimum absolute atomic E-state index is 0. The molecule has 0 atom stereocenters. The predicted molar refractivity (Wildman–Crippen MR) is 98.9 cm³/mol. The predicted octanol–water partition coefficient (Wildman–Crippen LogP) is 2.34. The van der Waals surface area contributed by atoms with Crippen LogP contribution in [0.3, 0.4) is 0 Å². The first-order chi connectivity index (χ1) is 11.0. The van der Waals surface area contributed by atoms with Crippen molar-refractivity contribution in [1.82, 2.24) is 5.32 Å². The third kappa shape index (κ3) is 4.94. The molecule has 0 heterocycles. The van der Waals surface area contributed by atoms with E-state index in [0.717, 1.165) is 0 Å². The molecule has 0 radical (unpaired) electrons. The van der Waals surface area contributed by atoms with Gasteiger partial charge in [-0.15, -0.1) is 12.4 Å². The van der Waals surface area contributed by atoms with Gasteiger partial charge in [-0.2, -0.15) is 0 Å². The Balaban J connectivity index is 0.00000288. The lowest BCUT2D eigenvalue weighted by atomic mass is 10.2. The molecule has 2 amide bonds. The summed E-state index contributed by atoms with van der Waals surface area (Å²) in [6.07, 6.45) is 0. The Labute approximate surface area is 150 Å². The molecule has 0 saturated carbocycles. The minimum atomic E-state index is -0.511. The van der Waals surface area contributed by atoms with Crippen molar-refractivity contribution in [3.05, 3.63) is 59.7 Å². The number of hydrogen-bond donors (Lipinski definition) is 3. The van der Waals surface area contributed by atoms with Crippen molar-refractivity contribution < 1.29 is 14.3 Å². The SMILES string of the molecule is COc1ccccc1C(=O)NC(=S)Nc1ccc(C(N)=O)cc1.Cl. The quantitative estimate of drug-likeness (QED) is 0.723. The highest BCUT2D eigenvalue weighted by atomic mass is 35.5. The maximum Gasteiger partial charge on any atom is 0.261 e. The van der Waals surface area contributed by atoms with Crippen molar-refractivity contribution in [3.8, 4) is 5.75 Å². The van der Waals surface area contributed by atoms with Gasteiger partial charge in [-0.05, 0) is 48.6 Å². The van der Waals surface area contributed by atoms with Crippen molar-refractivity contribution in [1.29, 1.82) is 0 Å². The fourth-order valence-corrected chi connectivity index (χ4v) is 2.09. The molecule has 0 spiro atoms. The largest absolute Gasteiger partial charge is 0.496 e. The number of anilines is 1. The number of primary amides is 1. The number of para-hydroxylation sites is 1. The number of rotatable bonds is 4. The summed E-state index contributed by atoms with van der Waals surface area (Å²) in [7, 11) is 1.49. The summed E-state index contributed by atoms with van der Waals surface area (Å²) in [6.45, 7) is 0. The Morgan fingerprint density at radius 2 is 1.71 bits per heavy atom. The van der Waals surface area contributed by atoms with Gasteiger partial charge in [0.15, 0.2) is 5.11 Å². The standard InChI is InChI=1S/C16H15N3O3S.ClH/c1-22-13-5-3-2-4-12(13)15(21)19-16(23)18-11-8-6-10(7-9-11)14(17)20;/h2-9H,1H3,(H2,17,20)(H2,18,19,21,23);1H. The molecular formula is C16H16ClN3O3S. The number of carbonyl (C=O) groups is 2. The van der Waals surface area contributed by atoms with E-state index in [2.05, 4.69) is 10.6 Å². The van der Waals surface area contributed by atoms with Crippen LogP contribution >= 0.6 is 24.6 Å². The van der Waals surface area contributed by atoms with Crippen molar-refractivity contribution in [3.63, 3.8) is 0 Å². The third-order valence-corrected chi connectivity index (χ3v) is 3.21. The average molecular weight is 366 g/mol. The Morgan fingerprint density at radius 3 is 2.29 bits per heavy atom. The van der Waals surface area contributed by atoms with E-state index in [4.69, 9.17) is 22.7 Å². The first kappa shape index (κ1) is 19.4. The molecule has 0 aromatic heterocycles. The summed E-state index contributed by atoms with van der Waals surface area (Å²) < 4.78 is 5.13. The van der Waals surface area contributed by atoms with E-state index in [1.165, 1.54) is 7.11 Å². The molecule has 2 aromatic rings. The summed E-state index contributed by atoms with van der Waals surface area (Å²) in [5.41, 5.74) is 6.56. The van der Waals surface area contributed by atoms with Gasteiger partial charge in [0.1, 0.15) is 5.75 Å². The second-order valence-electron chi connectivity index (χ2n) is 4.55. The second-order valence-corrected chi connectivity index (χ2v) is 4.96. The zero-order chi connectivity index (χ0) is 16.8. The number of carbonyl (C=O) groups excluding carboxylic acids is 2. The summed E-state index contributed by atoms with van der Waals surface area (Å²) in [6, 6.07) is 13.2. The summed E-state index contributed by atoms with van der Waals surface area (Å²) >= 11 is 5.10. The lowest BCUT2D eigenvalue weighted by Crippen LogP contribution is -2.34. The molecule has 24 heavy (non-hydrogen) atoms. The van der Waals surface area contributed by atoms with E-state index in [0.29, 0.717) is 22.6 Å². The van der Waals surface area contributed by atoms with Crippen molar-refractivity contribution in [2.24, 2.45) is 5.73 Å². The molecule has 0 fully saturated rings. The summed E-state index contributed by atoms with van der Waals surface area (Å²) in [5, 5.41) is 5.55. The number of ether oxygens (including phenoxy) is 1. The zero-order valence-corrected chi connectivity index (χ0v) is 14.4. The highest BCUT2D eigenvalue weighted by Gasteiger charge is 2.12. The van der Waals surface area contributed by atoms with Crippen LogP contribution in [0.1, 0.15) is 20.7 Å². The van der Waals surface area contributed by atoms with Gasteiger partial charge in [0.05, 0.1) is 12.7 Å². The second kappa shape index (κ2) is 8.85. The fraction of sp³-hybridized carbons (Fsp3) is 0.0625. The molecule has 4 N–H and O–H groups in total. The first-order valence-electron chi connectivity index (χ1n) is 6.66. The van der Waals surface area contributed by atoms with E-state index in [1.807, 2.05) is 0 Å². The molecule has 0 aliphatic rings. The van der Waals surface area contributed by atoms with Gasteiger partial charge in [0.2, 0.25) is 5.91 Å². The van der Waals surface area contributed by atoms with E-state index < -0.39 is 5.91 Å². The molecule has 8 heteroatoms. The number of thiocarbonyl (C=S) groups is 1. The van der Waals surface area contributed by atoms with Gasteiger partial charge in [-0.1, -0.05) is 12.1 Å². The molecule has 0 saturated heterocycles. The topological polar surface area (TPSA) is 93.4 Å². The number of amides is 2. The molecular weight excluding hydrogens is 350 g/mol. The molecule has 0 unspecified atom stereocenters. The number of hydrogen-bond acceptors (Lipinski definition) is 4. The summed E-state index contributed by atoms with van der Waals surface area (Å²) in [5.74, 6) is -0.434. The normalized spacial score (nSPS) is 9.38. The lowest BCUT2D eigenvalue weighted by Gasteiger charge is -2.11. The molecule has 2 aromatic carbocycles. The number of methoxy groups -OCH3 is 1. The molecule has 0 aliphatic heterocycles. The van der Waals surface area contributed by atoms with Gasteiger partial charge in [-0.25, -0.2) is 0 Å². The highest BCUT2D eigenvalue weighted by molar-refractivity contribution is 7.80. The van der Waals surface area contributed by atoms with Crippen LogP contribution in [0, 0.1) is 0 Å². The van der Waals surface area contributed by atoms with Crippen molar-refractivity contribution in [2.45, 2.75) is 0 Å². The Morgan fingerprint density at radius 1 is 1.08 bits per heavy atom. The van der Waals surface area contributed by atoms with Crippen LogP contribution < -0.4 is 21.1 Å². The Kier molecular flexibility index (Phi) is 7.16. The van der Waals surface area contributed by atoms with Crippen LogP contribution in [0.25, 0.3) is 0 Å². The van der Waals surface area contributed by atoms with Crippen LogP contribution in [-0.4, -0.2) is 24.0 Å². The van der Waals surface area contributed by atoms with E-state index in [-0.39, 0.29) is 23.4 Å². The molecule has 6 nitrogen and oxygen atoms in total. The van der Waals surface area contributed by atoms with Crippen LogP contribution in [0.2, 0.25) is 0 Å². The molecule has 0 bridgehead atoms. The third-order valence-electron chi connectivity index (χ3n) is 3.01. The minimum Gasteiger partial charge on any atom is -0.496 e. The monoisotopic (exact) mass is 365 g/mol. The molecule has 0 aliphatic carbocycles. The maximum absolute atomic E-state index is 12.2. The number of benzene rings is 2. The average Bonchev–Trinajstić information content (AvgIpc) is 2.55. The van der Waals surface area contributed by atoms with E-state index in [1.54, 1.807) is 48.5 Å². The van der Waals surface area contributed by atoms with Crippen molar-refractivity contribution in [2.75, 3.05) is 12.4 Å². The van der Waals surface area contributed by atoms with Gasteiger partial charge in [-0.3, -0.25) is 14.9 Å². The van der Waals surface area contributed by atoms with Gasteiger partial charge < -0.3 is 15.8 Å². The summed E-state index contributed by atoms with van der Waals surface area (Å²) in [4.78, 5) is 23.2. The van der Waals surface area contributed by atoms with Crippen LogP contribution in [0.4, 0.5) is 5.69 Å². The number of halogens is 1.